The first kappa shape index (κ1) is 8.95. The maximum atomic E-state index is 2.38. The molecule has 0 saturated heterocycles. The minimum absolute atomic E-state index is 0.609. The van der Waals surface area contributed by atoms with Crippen LogP contribution in [-0.2, 0) is 0 Å². The molecule has 1 heterocycles. The summed E-state index contributed by atoms with van der Waals surface area (Å²) in [6.45, 7) is 4.56. The average Bonchev–Trinajstić information content (AvgIpc) is 2.45. The fourth-order valence-corrected chi connectivity index (χ4v) is 3.07. The fourth-order valence-electron chi connectivity index (χ4n) is 1.78. The van der Waals surface area contributed by atoms with Gasteiger partial charge in [-0.25, -0.2) is 0 Å². The van der Waals surface area contributed by atoms with E-state index in [0.717, 1.165) is 0 Å². The Bertz CT molecular complexity index is 309. The van der Waals surface area contributed by atoms with E-state index in [4.69, 9.17) is 0 Å². The van der Waals surface area contributed by atoms with Gasteiger partial charge >= 0.3 is 0 Å². The molecule has 0 fully saturated rings. The summed E-state index contributed by atoms with van der Waals surface area (Å²) < 4.78 is 0. The predicted octanol–water partition coefficient (Wildman–Crippen LogP) is 3.21. The Balaban J connectivity index is 2.32. The minimum atomic E-state index is 0.609. The first-order valence-corrected chi connectivity index (χ1v) is 5.56. The Labute approximate surface area is 84.1 Å². The molecule has 0 aromatic heterocycles. The Morgan fingerprint density at radius 2 is 2.00 bits per heavy atom. The number of hydrogen-bond donors (Lipinski definition) is 0. The molecule has 1 aliphatic heterocycles. The largest absolute Gasteiger partial charge is 0.361 e. The molecule has 1 aliphatic rings. The highest BCUT2D eigenvalue weighted by molar-refractivity contribution is 8.00. The highest BCUT2D eigenvalue weighted by Gasteiger charge is 2.28. The highest BCUT2D eigenvalue weighted by atomic mass is 32.2. The van der Waals surface area contributed by atoms with Crippen molar-refractivity contribution in [3.8, 4) is 0 Å². The van der Waals surface area contributed by atoms with Gasteiger partial charge in [-0.1, -0.05) is 37.7 Å². The van der Waals surface area contributed by atoms with E-state index in [9.17, 15) is 0 Å². The third-order valence-electron chi connectivity index (χ3n) is 2.44. The lowest BCUT2D eigenvalue weighted by Crippen LogP contribution is -2.28. The summed E-state index contributed by atoms with van der Waals surface area (Å²) in [7, 11) is 2.18. The molecule has 1 atom stereocenters. The van der Waals surface area contributed by atoms with Crippen LogP contribution < -0.4 is 4.90 Å². The summed E-state index contributed by atoms with van der Waals surface area (Å²) in [4.78, 5) is 3.80. The summed E-state index contributed by atoms with van der Waals surface area (Å²) in [6, 6.07) is 8.63. The van der Waals surface area contributed by atoms with Crippen molar-refractivity contribution < 1.29 is 0 Å². The Kier molecular flexibility index (Phi) is 2.24. The number of anilines is 1. The van der Waals surface area contributed by atoms with Crippen molar-refractivity contribution >= 4 is 17.4 Å². The molecule has 0 amide bonds. The molecule has 0 aliphatic carbocycles. The molecule has 1 unspecified atom stereocenters. The van der Waals surface area contributed by atoms with E-state index >= 15 is 0 Å². The van der Waals surface area contributed by atoms with E-state index in [0.29, 0.717) is 11.3 Å². The van der Waals surface area contributed by atoms with Gasteiger partial charge in [0.25, 0.3) is 0 Å². The van der Waals surface area contributed by atoms with Crippen LogP contribution in [0.5, 0.6) is 0 Å². The molecule has 0 bridgehead atoms. The van der Waals surface area contributed by atoms with Crippen LogP contribution >= 0.6 is 11.8 Å². The quantitative estimate of drug-likeness (QED) is 0.673. The number of rotatable bonds is 1. The van der Waals surface area contributed by atoms with Gasteiger partial charge in [0.05, 0.1) is 11.1 Å². The molecule has 70 valence electrons. The molecule has 0 spiro atoms. The van der Waals surface area contributed by atoms with Gasteiger partial charge in [-0.3, -0.25) is 0 Å². The highest BCUT2D eigenvalue weighted by Crippen LogP contribution is 2.44. The number of thioether (sulfide) groups is 1. The van der Waals surface area contributed by atoms with Gasteiger partial charge in [0, 0.05) is 11.9 Å². The first-order valence-electron chi connectivity index (χ1n) is 4.68. The zero-order chi connectivity index (χ0) is 9.42. The van der Waals surface area contributed by atoms with Gasteiger partial charge in [0.1, 0.15) is 0 Å². The third kappa shape index (κ3) is 1.44. The van der Waals surface area contributed by atoms with Crippen LogP contribution in [0.15, 0.2) is 29.2 Å². The summed E-state index contributed by atoms with van der Waals surface area (Å²) in [5, 5.41) is 0.609. The Morgan fingerprint density at radius 1 is 1.31 bits per heavy atom. The minimum Gasteiger partial charge on any atom is -0.361 e. The molecule has 0 saturated carbocycles. The van der Waals surface area contributed by atoms with Gasteiger partial charge in [-0.2, -0.15) is 0 Å². The van der Waals surface area contributed by atoms with E-state index in [-0.39, 0.29) is 0 Å². The monoisotopic (exact) mass is 193 g/mol. The normalized spacial score (nSPS) is 20.9. The molecule has 0 N–H and O–H groups in total. The average molecular weight is 193 g/mol. The number of fused-ring (bicyclic) bond motifs is 1. The second-order valence-electron chi connectivity index (χ2n) is 3.83. The lowest BCUT2D eigenvalue weighted by Gasteiger charge is -2.24. The fraction of sp³-hybridized carbons (Fsp3) is 0.455. The van der Waals surface area contributed by atoms with Crippen molar-refractivity contribution in [1.82, 2.24) is 0 Å². The summed E-state index contributed by atoms with van der Waals surface area (Å²) >= 11 is 1.98. The van der Waals surface area contributed by atoms with Crippen LogP contribution in [0.4, 0.5) is 5.69 Å². The van der Waals surface area contributed by atoms with Crippen LogP contribution in [0.3, 0.4) is 0 Å². The molecule has 2 rings (SSSR count). The van der Waals surface area contributed by atoms with Crippen molar-refractivity contribution in [3.05, 3.63) is 24.3 Å². The standard InChI is InChI=1S/C11H15NS/c1-8(2)11-12(3)9-6-4-5-7-10(9)13-11/h4-8,11H,1-3H3. The van der Waals surface area contributed by atoms with Gasteiger partial charge in [-0.05, 0) is 18.1 Å². The maximum absolute atomic E-state index is 2.38. The zero-order valence-corrected chi connectivity index (χ0v) is 9.14. The van der Waals surface area contributed by atoms with Gasteiger partial charge in [-0.15, -0.1) is 0 Å². The number of benzene rings is 1. The lowest BCUT2D eigenvalue weighted by molar-refractivity contribution is 0.605. The van der Waals surface area contributed by atoms with Crippen LogP contribution in [0, 0.1) is 5.92 Å². The smallest absolute Gasteiger partial charge is 0.0817 e. The molecular weight excluding hydrogens is 178 g/mol. The van der Waals surface area contributed by atoms with Crippen molar-refractivity contribution in [2.45, 2.75) is 24.1 Å². The van der Waals surface area contributed by atoms with Gasteiger partial charge < -0.3 is 4.90 Å². The summed E-state index contributed by atoms with van der Waals surface area (Å²) in [5.41, 5.74) is 1.38. The zero-order valence-electron chi connectivity index (χ0n) is 8.32. The second-order valence-corrected chi connectivity index (χ2v) is 4.99. The molecule has 0 radical (unpaired) electrons. The Hall–Kier alpha value is -0.630. The van der Waals surface area contributed by atoms with E-state index in [2.05, 4.69) is 50.1 Å². The van der Waals surface area contributed by atoms with Crippen molar-refractivity contribution in [3.63, 3.8) is 0 Å². The first-order chi connectivity index (χ1) is 6.20. The van der Waals surface area contributed by atoms with Crippen molar-refractivity contribution in [1.29, 1.82) is 0 Å². The number of hydrogen-bond acceptors (Lipinski definition) is 2. The van der Waals surface area contributed by atoms with E-state index in [1.165, 1.54) is 10.6 Å². The van der Waals surface area contributed by atoms with Crippen LogP contribution in [-0.4, -0.2) is 12.4 Å². The van der Waals surface area contributed by atoms with Crippen molar-refractivity contribution in [2.24, 2.45) is 5.92 Å². The third-order valence-corrected chi connectivity index (χ3v) is 4.15. The van der Waals surface area contributed by atoms with Crippen LogP contribution in [0.25, 0.3) is 0 Å². The SMILES string of the molecule is CC(C)C1Sc2ccccc2N1C. The molecule has 1 aromatic rings. The molecule has 13 heavy (non-hydrogen) atoms. The van der Waals surface area contributed by atoms with Crippen LogP contribution in [0.1, 0.15) is 13.8 Å². The maximum Gasteiger partial charge on any atom is 0.0817 e. The van der Waals surface area contributed by atoms with Gasteiger partial charge in [0.2, 0.25) is 0 Å². The molecule has 1 nitrogen and oxygen atoms in total. The van der Waals surface area contributed by atoms with Crippen LogP contribution in [0.2, 0.25) is 0 Å². The lowest BCUT2D eigenvalue weighted by atomic mass is 10.2. The van der Waals surface area contributed by atoms with Crippen molar-refractivity contribution in [2.75, 3.05) is 11.9 Å². The van der Waals surface area contributed by atoms with E-state index < -0.39 is 0 Å². The Morgan fingerprint density at radius 3 is 2.62 bits per heavy atom. The summed E-state index contributed by atoms with van der Waals surface area (Å²) in [6.07, 6.45) is 0. The molecule has 2 heteroatoms. The number of para-hydroxylation sites is 1. The predicted molar refractivity (Wildman–Crippen MR) is 59.3 cm³/mol. The van der Waals surface area contributed by atoms with E-state index in [1.807, 2.05) is 11.8 Å². The van der Waals surface area contributed by atoms with E-state index in [1.54, 1.807) is 0 Å². The number of nitrogens with zero attached hydrogens (tertiary/aromatic N) is 1. The van der Waals surface area contributed by atoms with Gasteiger partial charge in [0.15, 0.2) is 0 Å². The molecule has 1 aromatic carbocycles. The second kappa shape index (κ2) is 3.26. The molecular formula is C11H15NS. The topological polar surface area (TPSA) is 3.24 Å². The summed E-state index contributed by atoms with van der Waals surface area (Å²) in [5.74, 6) is 0.697.